The van der Waals surface area contributed by atoms with Crippen molar-refractivity contribution in [2.45, 2.75) is 44.6 Å². The highest BCUT2D eigenvalue weighted by Gasteiger charge is 2.26. The topological polar surface area (TPSA) is 45.6 Å². The number of ketones is 1. The van der Waals surface area contributed by atoms with Gasteiger partial charge >= 0.3 is 0 Å². The van der Waals surface area contributed by atoms with Crippen LogP contribution in [0.5, 0.6) is 0 Å². The first-order valence-corrected chi connectivity index (χ1v) is 11.4. The van der Waals surface area contributed by atoms with Crippen molar-refractivity contribution in [2.24, 2.45) is 0 Å². The number of hydrogen-bond donors (Lipinski definition) is 0. The first kappa shape index (κ1) is 21.7. The van der Waals surface area contributed by atoms with Crippen LogP contribution >= 0.6 is 11.8 Å². The Hall–Kier alpha value is -2.05. The van der Waals surface area contributed by atoms with E-state index in [-0.39, 0.29) is 17.7 Å². The van der Waals surface area contributed by atoms with Crippen LogP contribution in [0.15, 0.2) is 35.2 Å². The molecule has 0 saturated carbocycles. The Balaban J connectivity index is 1.70. The van der Waals surface area contributed by atoms with Gasteiger partial charge in [0, 0.05) is 60.6 Å². The van der Waals surface area contributed by atoms with Gasteiger partial charge in [-0.3, -0.25) is 14.5 Å². The Morgan fingerprint density at radius 2 is 1.86 bits per heavy atom. The Kier molecular flexibility index (Phi) is 6.85. The van der Waals surface area contributed by atoms with Crippen LogP contribution in [0.3, 0.4) is 0 Å². The van der Waals surface area contributed by atoms with Crippen molar-refractivity contribution in [2.75, 3.05) is 32.9 Å². The summed E-state index contributed by atoms with van der Waals surface area (Å²) in [5, 5.41) is 0. The minimum atomic E-state index is 0.109. The first-order valence-electron chi connectivity index (χ1n) is 10.1. The maximum atomic E-state index is 13.1. The standard InChI is InChI=1S/C23H31N3O2S/c1-16-13-22(17(2)26(16)20-7-6-8-21(14-20)29-5)23(28)15-25-11-9-19(10-12-25)24(4)18(3)27/h6-8,13-14,19H,9-12,15H2,1-5H3. The number of aromatic nitrogens is 1. The van der Waals surface area contributed by atoms with Crippen LogP contribution in [0.25, 0.3) is 5.69 Å². The summed E-state index contributed by atoms with van der Waals surface area (Å²) in [6.07, 6.45) is 3.91. The Morgan fingerprint density at radius 3 is 2.48 bits per heavy atom. The molecule has 0 N–H and O–H groups in total. The molecule has 1 aromatic heterocycles. The number of hydrogen-bond acceptors (Lipinski definition) is 4. The highest BCUT2D eigenvalue weighted by molar-refractivity contribution is 7.98. The maximum Gasteiger partial charge on any atom is 0.219 e. The number of thioether (sulfide) groups is 1. The molecule has 0 aliphatic carbocycles. The fraction of sp³-hybridized carbons (Fsp3) is 0.478. The molecular weight excluding hydrogens is 382 g/mol. The lowest BCUT2D eigenvalue weighted by Gasteiger charge is -2.36. The van der Waals surface area contributed by atoms with E-state index in [1.54, 1.807) is 18.7 Å². The number of Topliss-reactive ketones (excluding diaryl/α,β-unsaturated/α-hetero) is 1. The zero-order valence-corrected chi connectivity index (χ0v) is 18.9. The molecule has 1 saturated heterocycles. The van der Waals surface area contributed by atoms with Crippen LogP contribution in [0.1, 0.15) is 41.5 Å². The minimum absolute atomic E-state index is 0.109. The molecular formula is C23H31N3O2S. The number of carbonyl (C=O) groups excluding carboxylic acids is 2. The van der Waals surface area contributed by atoms with Gasteiger partial charge in [-0.2, -0.15) is 0 Å². The number of nitrogens with zero attached hydrogens (tertiary/aromatic N) is 3. The molecule has 1 aromatic carbocycles. The quantitative estimate of drug-likeness (QED) is 0.532. The third kappa shape index (κ3) is 4.75. The van der Waals surface area contributed by atoms with Crippen molar-refractivity contribution < 1.29 is 9.59 Å². The normalized spacial score (nSPS) is 15.5. The van der Waals surface area contributed by atoms with Gasteiger partial charge < -0.3 is 9.47 Å². The number of carbonyl (C=O) groups is 2. The summed E-state index contributed by atoms with van der Waals surface area (Å²) in [5.74, 6) is 0.279. The molecule has 0 radical (unpaired) electrons. The Bertz CT molecular complexity index is 898. The van der Waals surface area contributed by atoms with E-state index in [1.165, 1.54) is 4.90 Å². The van der Waals surface area contributed by atoms with Crippen LogP contribution in [0.4, 0.5) is 0 Å². The lowest BCUT2D eigenvalue weighted by molar-refractivity contribution is -0.130. The van der Waals surface area contributed by atoms with Crippen molar-refractivity contribution in [1.29, 1.82) is 0 Å². The van der Waals surface area contributed by atoms with E-state index >= 15 is 0 Å². The smallest absolute Gasteiger partial charge is 0.219 e. The van der Waals surface area contributed by atoms with Gasteiger partial charge in [0.05, 0.1) is 6.54 Å². The van der Waals surface area contributed by atoms with Crippen LogP contribution in [0, 0.1) is 13.8 Å². The van der Waals surface area contributed by atoms with Gasteiger partial charge in [-0.1, -0.05) is 6.07 Å². The molecule has 0 unspecified atom stereocenters. The molecule has 2 aromatic rings. The summed E-state index contributed by atoms with van der Waals surface area (Å²) in [7, 11) is 1.87. The molecule has 0 bridgehead atoms. The fourth-order valence-corrected chi connectivity index (χ4v) is 4.66. The second-order valence-electron chi connectivity index (χ2n) is 7.88. The molecule has 1 aliphatic heterocycles. The number of likely N-dealkylation sites (tertiary alicyclic amines) is 1. The summed E-state index contributed by atoms with van der Waals surface area (Å²) < 4.78 is 2.17. The summed E-state index contributed by atoms with van der Waals surface area (Å²) in [6, 6.07) is 10.7. The average molecular weight is 414 g/mol. The van der Waals surface area contributed by atoms with Gasteiger partial charge in [0.2, 0.25) is 5.91 Å². The van der Waals surface area contributed by atoms with Crippen molar-refractivity contribution >= 4 is 23.5 Å². The second kappa shape index (κ2) is 9.18. The largest absolute Gasteiger partial charge is 0.343 e. The van der Waals surface area contributed by atoms with E-state index in [0.717, 1.165) is 48.6 Å². The Morgan fingerprint density at radius 1 is 1.17 bits per heavy atom. The van der Waals surface area contributed by atoms with Crippen LogP contribution < -0.4 is 0 Å². The van der Waals surface area contributed by atoms with Crippen LogP contribution in [-0.2, 0) is 4.79 Å². The van der Waals surface area contributed by atoms with E-state index in [4.69, 9.17) is 0 Å². The molecule has 6 heteroatoms. The molecule has 5 nitrogen and oxygen atoms in total. The number of benzene rings is 1. The molecule has 156 valence electrons. The monoisotopic (exact) mass is 413 g/mol. The zero-order chi connectivity index (χ0) is 21.1. The zero-order valence-electron chi connectivity index (χ0n) is 18.1. The van der Waals surface area contributed by atoms with E-state index in [2.05, 4.69) is 46.9 Å². The van der Waals surface area contributed by atoms with E-state index in [0.29, 0.717) is 6.54 Å². The summed E-state index contributed by atoms with van der Waals surface area (Å²) in [6.45, 7) is 7.83. The van der Waals surface area contributed by atoms with Gasteiger partial charge in [-0.05, 0) is 57.2 Å². The third-order valence-electron chi connectivity index (χ3n) is 6.01. The third-order valence-corrected chi connectivity index (χ3v) is 6.74. The highest BCUT2D eigenvalue weighted by atomic mass is 32.2. The summed E-state index contributed by atoms with van der Waals surface area (Å²) in [4.78, 5) is 29.9. The molecule has 3 rings (SSSR count). The van der Waals surface area contributed by atoms with Gasteiger partial charge in [0.15, 0.2) is 5.78 Å². The molecule has 29 heavy (non-hydrogen) atoms. The van der Waals surface area contributed by atoms with E-state index in [1.807, 2.05) is 24.9 Å². The molecule has 0 atom stereocenters. The molecule has 1 fully saturated rings. The minimum Gasteiger partial charge on any atom is -0.343 e. The lowest BCUT2D eigenvalue weighted by Crippen LogP contribution is -2.46. The average Bonchev–Trinajstić information content (AvgIpc) is 3.02. The number of amides is 1. The maximum absolute atomic E-state index is 13.1. The van der Waals surface area contributed by atoms with Gasteiger partial charge in [-0.15, -0.1) is 11.8 Å². The van der Waals surface area contributed by atoms with Crippen molar-refractivity contribution in [3.05, 3.63) is 47.3 Å². The number of aryl methyl sites for hydroxylation is 1. The van der Waals surface area contributed by atoms with Crippen LogP contribution in [-0.4, -0.2) is 65.0 Å². The first-order chi connectivity index (χ1) is 13.8. The molecule has 1 amide bonds. The van der Waals surface area contributed by atoms with Crippen LogP contribution in [0.2, 0.25) is 0 Å². The highest BCUT2D eigenvalue weighted by Crippen LogP contribution is 2.25. The van der Waals surface area contributed by atoms with Crippen molar-refractivity contribution in [3.63, 3.8) is 0 Å². The van der Waals surface area contributed by atoms with Gasteiger partial charge in [0.1, 0.15) is 0 Å². The number of rotatable bonds is 6. The second-order valence-corrected chi connectivity index (χ2v) is 8.76. The lowest BCUT2D eigenvalue weighted by atomic mass is 10.0. The predicted molar refractivity (Wildman–Crippen MR) is 119 cm³/mol. The molecule has 1 aliphatic rings. The Labute approximate surface area is 178 Å². The summed E-state index contributed by atoms with van der Waals surface area (Å²) >= 11 is 1.72. The van der Waals surface area contributed by atoms with E-state index < -0.39 is 0 Å². The van der Waals surface area contributed by atoms with Crippen molar-refractivity contribution in [1.82, 2.24) is 14.4 Å². The summed E-state index contributed by atoms with van der Waals surface area (Å²) in [5.41, 5.74) is 3.97. The van der Waals surface area contributed by atoms with Gasteiger partial charge in [0.25, 0.3) is 0 Å². The SMILES string of the molecule is CSc1cccc(-n2c(C)cc(C(=O)CN3CCC(N(C)C(C)=O)CC3)c2C)c1. The van der Waals surface area contributed by atoms with Gasteiger partial charge in [-0.25, -0.2) is 0 Å². The van der Waals surface area contributed by atoms with E-state index in [9.17, 15) is 9.59 Å². The fourth-order valence-electron chi connectivity index (χ4n) is 4.20. The molecule has 2 heterocycles. The molecule has 0 spiro atoms. The predicted octanol–water partition coefficient (Wildman–Crippen LogP) is 3.94. The van der Waals surface area contributed by atoms with Crippen molar-refractivity contribution in [3.8, 4) is 5.69 Å². The number of piperidine rings is 1.